The molecule has 2 nitrogen and oxygen atoms in total. The number of rotatable bonds is 4. The maximum absolute atomic E-state index is 6.06. The van der Waals surface area contributed by atoms with Crippen LogP contribution in [0, 0.1) is 0 Å². The Balaban J connectivity index is 3.69. The van der Waals surface area contributed by atoms with E-state index >= 15 is 0 Å². The van der Waals surface area contributed by atoms with Gasteiger partial charge in [-0.1, -0.05) is 74.4 Å². The summed E-state index contributed by atoms with van der Waals surface area (Å²) in [5, 5.41) is 0.402. The van der Waals surface area contributed by atoms with E-state index in [0.29, 0.717) is 11.8 Å². The first-order valence-corrected chi connectivity index (χ1v) is 10.6. The Morgan fingerprint density at radius 1 is 0.962 bits per heavy atom. The lowest BCUT2D eigenvalue weighted by Gasteiger charge is -2.32. The van der Waals surface area contributed by atoms with Gasteiger partial charge in [0, 0.05) is 14.2 Å². The topological polar surface area (TPSA) is 21.6 Å². The molecular weight excluding hydrogens is 361 g/mol. The molecule has 1 aromatic rings. The smallest absolute Gasteiger partial charge is 0.192 e. The molecule has 0 saturated heterocycles. The standard InChI is InChI=1S/C22H35ClNOP/c1-11-25-18(23)14-26-24-19-16(21(5,6)7)12-15(20(2,3)4)13-17(19)22(8,9)10/h12-14H,11H2,1-10H3/b18-14+. The molecule has 0 amide bonds. The van der Waals surface area contributed by atoms with Crippen LogP contribution in [0.5, 0.6) is 0 Å². The number of benzene rings is 1. The van der Waals surface area contributed by atoms with Gasteiger partial charge in [0.1, 0.15) is 0 Å². The van der Waals surface area contributed by atoms with Gasteiger partial charge in [-0.3, -0.25) is 0 Å². The zero-order valence-electron chi connectivity index (χ0n) is 18.1. The molecule has 0 aliphatic carbocycles. The Morgan fingerprint density at radius 2 is 1.42 bits per heavy atom. The summed E-state index contributed by atoms with van der Waals surface area (Å²) in [7, 11) is 0.787. The second-order valence-electron chi connectivity index (χ2n) is 9.75. The molecule has 0 N–H and O–H groups in total. The van der Waals surface area contributed by atoms with Gasteiger partial charge in [0.05, 0.1) is 12.3 Å². The van der Waals surface area contributed by atoms with Gasteiger partial charge in [0.25, 0.3) is 0 Å². The highest BCUT2D eigenvalue weighted by atomic mass is 35.5. The second kappa shape index (κ2) is 8.44. The third kappa shape index (κ3) is 6.39. The molecular formula is C22H35ClNOP. The first-order valence-electron chi connectivity index (χ1n) is 9.26. The molecule has 0 saturated carbocycles. The van der Waals surface area contributed by atoms with Gasteiger partial charge in [-0.05, 0) is 51.5 Å². The van der Waals surface area contributed by atoms with Crippen molar-refractivity contribution in [2.75, 3.05) is 6.61 Å². The highest BCUT2D eigenvalue weighted by Gasteiger charge is 2.28. The van der Waals surface area contributed by atoms with Gasteiger partial charge in [0.15, 0.2) is 5.22 Å². The number of hydrogen-bond donors (Lipinski definition) is 0. The average Bonchev–Trinajstić information content (AvgIpc) is 2.43. The Morgan fingerprint density at radius 3 is 1.77 bits per heavy atom. The van der Waals surface area contributed by atoms with E-state index in [2.05, 4.69) is 74.4 Å². The predicted molar refractivity (Wildman–Crippen MR) is 117 cm³/mol. The first-order chi connectivity index (χ1) is 11.7. The van der Waals surface area contributed by atoms with Crippen molar-refractivity contribution >= 4 is 25.7 Å². The third-order valence-electron chi connectivity index (χ3n) is 4.19. The molecule has 0 fully saturated rings. The summed E-state index contributed by atoms with van der Waals surface area (Å²) < 4.78 is 10.2. The third-order valence-corrected chi connectivity index (χ3v) is 5.23. The number of halogens is 1. The Kier molecular flexibility index (Phi) is 7.53. The molecule has 4 heteroatoms. The van der Waals surface area contributed by atoms with E-state index in [4.69, 9.17) is 21.1 Å². The van der Waals surface area contributed by atoms with Crippen LogP contribution in [0.1, 0.15) is 85.9 Å². The molecule has 0 heterocycles. The first kappa shape index (κ1) is 23.2. The lowest BCUT2D eigenvalue weighted by molar-refractivity contribution is 0.256. The van der Waals surface area contributed by atoms with Crippen LogP contribution in [-0.4, -0.2) is 6.61 Å². The molecule has 146 valence electrons. The maximum atomic E-state index is 6.06. The van der Waals surface area contributed by atoms with E-state index in [1.54, 1.807) is 0 Å². The van der Waals surface area contributed by atoms with Crippen LogP contribution in [0.3, 0.4) is 0 Å². The molecule has 0 radical (unpaired) electrons. The predicted octanol–water partition coefficient (Wildman–Crippen LogP) is 8.41. The molecule has 1 rings (SSSR count). The summed E-state index contributed by atoms with van der Waals surface area (Å²) in [5.41, 5.74) is 5.09. The van der Waals surface area contributed by atoms with Gasteiger partial charge in [0.2, 0.25) is 0 Å². The SMILES string of the molecule is CCO/C(Cl)=C/P=Nc1c(C(C)(C)C)cc(C(C)(C)C)cc1C(C)(C)C. The molecule has 0 aromatic heterocycles. The minimum atomic E-state index is 0.00302. The van der Waals surface area contributed by atoms with Gasteiger partial charge < -0.3 is 4.74 Å². The van der Waals surface area contributed by atoms with Gasteiger partial charge in [-0.25, -0.2) is 4.74 Å². The van der Waals surface area contributed by atoms with Crippen molar-refractivity contribution in [1.29, 1.82) is 0 Å². The quantitative estimate of drug-likeness (QED) is 0.370. The van der Waals surface area contributed by atoms with Crippen molar-refractivity contribution < 1.29 is 4.74 Å². The Bertz CT molecular complexity index is 651. The highest BCUT2D eigenvalue weighted by molar-refractivity contribution is 7.31. The van der Waals surface area contributed by atoms with E-state index in [1.807, 2.05) is 12.7 Å². The fourth-order valence-corrected chi connectivity index (χ4v) is 3.42. The lowest BCUT2D eigenvalue weighted by atomic mass is 9.74. The van der Waals surface area contributed by atoms with E-state index in [1.165, 1.54) is 16.7 Å². The van der Waals surface area contributed by atoms with Crippen molar-refractivity contribution in [1.82, 2.24) is 0 Å². The lowest BCUT2D eigenvalue weighted by Crippen LogP contribution is -2.21. The van der Waals surface area contributed by atoms with Crippen molar-refractivity contribution in [3.8, 4) is 0 Å². The van der Waals surface area contributed by atoms with Gasteiger partial charge in [-0.15, -0.1) is 0 Å². The largest absolute Gasteiger partial charge is 0.483 e. The van der Waals surface area contributed by atoms with Crippen molar-refractivity contribution in [2.24, 2.45) is 4.74 Å². The molecule has 0 spiro atoms. The summed E-state index contributed by atoms with van der Waals surface area (Å²) in [6, 6.07) is 4.66. The summed E-state index contributed by atoms with van der Waals surface area (Å²) in [6.07, 6.45) is 0. The van der Waals surface area contributed by atoms with E-state index in [-0.39, 0.29) is 16.2 Å². The normalized spacial score (nSPS) is 14.2. The van der Waals surface area contributed by atoms with E-state index in [9.17, 15) is 0 Å². The second-order valence-corrected chi connectivity index (χ2v) is 10.8. The molecule has 0 bridgehead atoms. The Labute approximate surface area is 167 Å². The number of ether oxygens (including phenoxy) is 1. The maximum Gasteiger partial charge on any atom is 0.192 e. The average molecular weight is 396 g/mol. The summed E-state index contributed by atoms with van der Waals surface area (Å²) in [6.45, 7) is 22.8. The summed E-state index contributed by atoms with van der Waals surface area (Å²) in [5.74, 6) is 1.81. The fraction of sp³-hybridized carbons (Fsp3) is 0.636. The van der Waals surface area contributed by atoms with Crippen molar-refractivity contribution in [3.05, 3.63) is 39.9 Å². The monoisotopic (exact) mass is 395 g/mol. The summed E-state index contributed by atoms with van der Waals surface area (Å²) >= 11 is 6.06. The minimum absolute atomic E-state index is 0.00302. The molecule has 0 atom stereocenters. The fourth-order valence-electron chi connectivity index (χ4n) is 2.63. The van der Waals surface area contributed by atoms with Crippen molar-refractivity contribution in [2.45, 2.75) is 85.5 Å². The van der Waals surface area contributed by atoms with Crippen LogP contribution in [0.25, 0.3) is 0 Å². The van der Waals surface area contributed by atoms with Crippen LogP contribution in [-0.2, 0) is 21.0 Å². The van der Waals surface area contributed by atoms with Crippen LogP contribution in [0.15, 0.2) is 27.9 Å². The molecule has 0 unspecified atom stereocenters. The Hall–Kier alpha value is -0.850. The van der Waals surface area contributed by atoms with Crippen LogP contribution < -0.4 is 0 Å². The van der Waals surface area contributed by atoms with Crippen LogP contribution >= 0.6 is 20.0 Å². The number of hydrogen-bond acceptors (Lipinski definition) is 2. The van der Waals surface area contributed by atoms with Gasteiger partial charge in [-0.2, -0.15) is 0 Å². The molecule has 1 aromatic carbocycles. The molecule has 0 aliphatic rings. The van der Waals surface area contributed by atoms with Crippen LogP contribution in [0.4, 0.5) is 5.69 Å². The summed E-state index contributed by atoms with van der Waals surface area (Å²) in [4.78, 5) is 0. The minimum Gasteiger partial charge on any atom is -0.483 e. The highest BCUT2D eigenvalue weighted by Crippen LogP contribution is 2.44. The van der Waals surface area contributed by atoms with Crippen molar-refractivity contribution in [3.63, 3.8) is 0 Å². The van der Waals surface area contributed by atoms with Crippen LogP contribution in [0.2, 0.25) is 0 Å². The van der Waals surface area contributed by atoms with Gasteiger partial charge >= 0.3 is 0 Å². The van der Waals surface area contributed by atoms with E-state index < -0.39 is 0 Å². The zero-order valence-corrected chi connectivity index (χ0v) is 19.8. The number of nitrogens with zero attached hydrogens (tertiary/aromatic N) is 1. The van der Waals surface area contributed by atoms with E-state index in [0.717, 1.165) is 14.1 Å². The molecule has 0 aliphatic heterocycles. The zero-order chi connectivity index (χ0) is 20.3. The molecule has 26 heavy (non-hydrogen) atoms.